The summed E-state index contributed by atoms with van der Waals surface area (Å²) in [7, 11) is 1.55. The third kappa shape index (κ3) is 7.23. The average molecular weight is 519 g/mol. The lowest BCUT2D eigenvalue weighted by Gasteiger charge is -2.31. The number of amides is 2. The van der Waals surface area contributed by atoms with Gasteiger partial charge in [-0.25, -0.2) is 4.39 Å². The lowest BCUT2D eigenvalue weighted by atomic mass is 10.0. The van der Waals surface area contributed by atoms with E-state index in [1.807, 2.05) is 30.3 Å². The van der Waals surface area contributed by atoms with E-state index in [0.717, 1.165) is 5.56 Å². The van der Waals surface area contributed by atoms with Crippen molar-refractivity contribution in [1.82, 2.24) is 10.2 Å². The van der Waals surface area contributed by atoms with Crippen molar-refractivity contribution in [3.05, 3.63) is 105 Å². The van der Waals surface area contributed by atoms with E-state index in [2.05, 4.69) is 5.32 Å². The van der Waals surface area contributed by atoms with Crippen LogP contribution in [0.5, 0.6) is 0 Å². The average Bonchev–Trinajstić information content (AvgIpc) is 2.83. The van der Waals surface area contributed by atoms with Gasteiger partial charge in [-0.15, -0.1) is 11.8 Å². The van der Waals surface area contributed by atoms with Crippen LogP contribution in [-0.2, 0) is 28.3 Å². The molecule has 0 radical (unpaired) electrons. The van der Waals surface area contributed by atoms with Gasteiger partial charge in [0.05, 0.1) is 5.75 Å². The Kier molecular flexibility index (Phi) is 9.81. The molecule has 2 amide bonds. The maximum atomic E-state index is 14.0. The molecule has 3 rings (SSSR count). The molecule has 3 aromatic rings. The number of likely N-dealkylation sites (N-methyl/N-ethyl adjacent to an activating group) is 1. The van der Waals surface area contributed by atoms with E-state index < -0.39 is 6.04 Å². The van der Waals surface area contributed by atoms with Gasteiger partial charge in [-0.1, -0.05) is 77.8 Å². The van der Waals surface area contributed by atoms with Crippen LogP contribution >= 0.6 is 35.0 Å². The zero-order chi connectivity index (χ0) is 24.5. The highest BCUT2D eigenvalue weighted by Crippen LogP contribution is 2.25. The minimum atomic E-state index is -0.749. The molecule has 0 aliphatic carbocycles. The molecule has 0 aliphatic rings. The number of nitrogens with zero attached hydrogens (tertiary/aromatic N) is 1. The van der Waals surface area contributed by atoms with Crippen molar-refractivity contribution in [2.24, 2.45) is 0 Å². The molecule has 0 heterocycles. The van der Waals surface area contributed by atoms with E-state index in [1.165, 1.54) is 22.7 Å². The quantitative estimate of drug-likeness (QED) is 0.371. The summed E-state index contributed by atoms with van der Waals surface area (Å²) in [5, 5.41) is 3.58. The van der Waals surface area contributed by atoms with Gasteiger partial charge in [-0.05, 0) is 34.9 Å². The lowest BCUT2D eigenvalue weighted by molar-refractivity contribution is -0.139. The first kappa shape index (κ1) is 26.1. The van der Waals surface area contributed by atoms with Crippen molar-refractivity contribution >= 4 is 46.8 Å². The van der Waals surface area contributed by atoms with Crippen molar-refractivity contribution in [1.29, 1.82) is 0 Å². The summed E-state index contributed by atoms with van der Waals surface area (Å²) < 4.78 is 14.0. The second-order valence-corrected chi connectivity index (χ2v) is 9.49. The molecule has 4 nitrogen and oxygen atoms in total. The van der Waals surface area contributed by atoms with Gasteiger partial charge in [0.1, 0.15) is 11.9 Å². The van der Waals surface area contributed by atoms with Crippen LogP contribution in [0.1, 0.15) is 16.7 Å². The van der Waals surface area contributed by atoms with Gasteiger partial charge in [0.2, 0.25) is 11.8 Å². The Hall–Kier alpha value is -2.54. The predicted octanol–water partition coefficient (Wildman–Crippen LogP) is 5.75. The van der Waals surface area contributed by atoms with Gasteiger partial charge < -0.3 is 10.2 Å². The molecule has 178 valence electrons. The molecule has 1 N–H and O–H groups in total. The normalized spacial score (nSPS) is 11.6. The highest BCUT2D eigenvalue weighted by atomic mass is 35.5. The fraction of sp³-hybridized carbons (Fsp3) is 0.231. The van der Waals surface area contributed by atoms with Crippen molar-refractivity contribution in [3.63, 3.8) is 0 Å². The number of halogens is 3. The SMILES string of the molecule is CNC(=O)[C@@H](Cc1ccccc1)N(Cc1ccc(Cl)cc1Cl)C(=O)CSCc1ccccc1F. The van der Waals surface area contributed by atoms with Crippen LogP contribution in [0.15, 0.2) is 72.8 Å². The number of rotatable bonds is 10. The molecule has 34 heavy (non-hydrogen) atoms. The Morgan fingerprint density at radius 3 is 2.38 bits per heavy atom. The minimum absolute atomic E-state index is 0.0851. The third-order valence-corrected chi connectivity index (χ3v) is 6.87. The number of carbonyl (C=O) groups is 2. The van der Waals surface area contributed by atoms with Crippen molar-refractivity contribution < 1.29 is 14.0 Å². The molecule has 0 fully saturated rings. The number of nitrogens with one attached hydrogen (secondary N) is 1. The molecular weight excluding hydrogens is 494 g/mol. The first-order valence-corrected chi connectivity index (χ1v) is 12.6. The zero-order valence-electron chi connectivity index (χ0n) is 18.6. The fourth-order valence-electron chi connectivity index (χ4n) is 3.50. The Balaban J connectivity index is 1.85. The first-order chi connectivity index (χ1) is 16.4. The molecule has 1 atom stereocenters. The van der Waals surface area contributed by atoms with Gasteiger partial charge >= 0.3 is 0 Å². The van der Waals surface area contributed by atoms with Gasteiger partial charge in [-0.2, -0.15) is 0 Å². The van der Waals surface area contributed by atoms with E-state index in [4.69, 9.17) is 23.2 Å². The molecule has 0 aliphatic heterocycles. The molecule has 8 heteroatoms. The van der Waals surface area contributed by atoms with Crippen LogP contribution in [0.3, 0.4) is 0 Å². The summed E-state index contributed by atoms with van der Waals surface area (Å²) in [6.07, 6.45) is 0.343. The molecule has 0 spiro atoms. The summed E-state index contributed by atoms with van der Waals surface area (Å²) in [5.41, 5.74) is 2.13. The number of hydrogen-bond donors (Lipinski definition) is 1. The Bertz CT molecular complexity index is 1130. The van der Waals surface area contributed by atoms with E-state index >= 15 is 0 Å². The van der Waals surface area contributed by atoms with Crippen LogP contribution in [0.25, 0.3) is 0 Å². The Morgan fingerprint density at radius 2 is 1.71 bits per heavy atom. The molecule has 0 saturated heterocycles. The summed E-state index contributed by atoms with van der Waals surface area (Å²) in [5.74, 6) is -0.392. The molecular formula is C26H25Cl2FN2O2S. The number of thioether (sulfide) groups is 1. The monoisotopic (exact) mass is 518 g/mol. The van der Waals surface area contributed by atoms with Gasteiger partial charge in [0.25, 0.3) is 0 Å². The first-order valence-electron chi connectivity index (χ1n) is 10.7. The lowest BCUT2D eigenvalue weighted by Crippen LogP contribution is -2.50. The maximum Gasteiger partial charge on any atom is 0.242 e. The zero-order valence-corrected chi connectivity index (χ0v) is 21.0. The van der Waals surface area contributed by atoms with E-state index in [-0.39, 0.29) is 29.9 Å². The van der Waals surface area contributed by atoms with Crippen LogP contribution in [0.4, 0.5) is 4.39 Å². The number of hydrogen-bond acceptors (Lipinski definition) is 3. The van der Waals surface area contributed by atoms with Gasteiger partial charge in [0, 0.05) is 35.8 Å². The maximum absolute atomic E-state index is 14.0. The third-order valence-electron chi connectivity index (χ3n) is 5.31. The fourth-order valence-corrected chi connectivity index (χ4v) is 4.87. The van der Waals surface area contributed by atoms with Crippen molar-refractivity contribution in [2.75, 3.05) is 12.8 Å². The molecule has 3 aromatic carbocycles. The predicted molar refractivity (Wildman–Crippen MR) is 138 cm³/mol. The second kappa shape index (κ2) is 12.8. The minimum Gasteiger partial charge on any atom is -0.357 e. The van der Waals surface area contributed by atoms with Crippen LogP contribution in [0, 0.1) is 5.82 Å². The van der Waals surface area contributed by atoms with E-state index in [1.54, 1.807) is 43.4 Å². The van der Waals surface area contributed by atoms with E-state index in [0.29, 0.717) is 33.3 Å². The summed E-state index contributed by atoms with van der Waals surface area (Å²) >= 11 is 13.7. The summed E-state index contributed by atoms with van der Waals surface area (Å²) in [6.45, 7) is 0.139. The van der Waals surface area contributed by atoms with Crippen LogP contribution < -0.4 is 5.32 Å². The van der Waals surface area contributed by atoms with Crippen molar-refractivity contribution in [3.8, 4) is 0 Å². The molecule has 0 aromatic heterocycles. The number of benzene rings is 3. The highest BCUT2D eigenvalue weighted by molar-refractivity contribution is 7.99. The van der Waals surface area contributed by atoms with E-state index in [9.17, 15) is 14.0 Å². The van der Waals surface area contributed by atoms with Gasteiger partial charge in [-0.3, -0.25) is 9.59 Å². The summed E-state index contributed by atoms with van der Waals surface area (Å²) in [4.78, 5) is 27.9. The molecule has 0 bridgehead atoms. The molecule has 0 saturated carbocycles. The van der Waals surface area contributed by atoms with Gasteiger partial charge in [0.15, 0.2) is 0 Å². The largest absolute Gasteiger partial charge is 0.357 e. The number of carbonyl (C=O) groups excluding carboxylic acids is 2. The van der Waals surface area contributed by atoms with Crippen LogP contribution in [-0.4, -0.2) is 35.6 Å². The topological polar surface area (TPSA) is 49.4 Å². The summed E-state index contributed by atoms with van der Waals surface area (Å²) in [6, 6.07) is 20.3. The standard InChI is InChI=1S/C26H25Cl2FN2O2S/c1-30-26(33)24(13-18-7-3-2-4-8-18)31(15-19-11-12-21(27)14-22(19)28)25(32)17-34-16-20-9-5-6-10-23(20)29/h2-12,14,24H,13,15-17H2,1H3,(H,30,33)/t24-/m1/s1. The smallest absolute Gasteiger partial charge is 0.242 e. The Morgan fingerprint density at radius 1 is 1.00 bits per heavy atom. The highest BCUT2D eigenvalue weighted by Gasteiger charge is 2.30. The second-order valence-electron chi connectivity index (χ2n) is 7.66. The van der Waals surface area contributed by atoms with Crippen LogP contribution in [0.2, 0.25) is 10.0 Å². The van der Waals surface area contributed by atoms with Crippen molar-refractivity contribution in [2.45, 2.75) is 24.8 Å². The Labute approximate surface area is 213 Å². The molecule has 0 unspecified atom stereocenters.